The molecule has 0 radical (unpaired) electrons. The highest BCUT2D eigenvalue weighted by Crippen LogP contribution is 2.19. The van der Waals surface area contributed by atoms with Crippen LogP contribution < -0.4 is 0 Å². The molecule has 0 aliphatic carbocycles. The van der Waals surface area contributed by atoms with E-state index in [2.05, 4.69) is 10.00 Å². The summed E-state index contributed by atoms with van der Waals surface area (Å²) >= 11 is 12.1. The van der Waals surface area contributed by atoms with Gasteiger partial charge in [-0.1, -0.05) is 35.3 Å². The molecule has 128 valence electrons. The number of hydrogen-bond acceptors (Lipinski definition) is 3. The van der Waals surface area contributed by atoms with Crippen molar-refractivity contribution < 1.29 is 4.79 Å². The first-order valence-corrected chi connectivity index (χ1v) is 8.81. The van der Waals surface area contributed by atoms with E-state index < -0.39 is 0 Å². The molecule has 1 aromatic heterocycles. The minimum atomic E-state index is -0.0366. The third-order valence-corrected chi connectivity index (χ3v) is 4.80. The molecule has 1 fully saturated rings. The van der Waals surface area contributed by atoms with Gasteiger partial charge in [-0.05, 0) is 24.6 Å². The summed E-state index contributed by atoms with van der Waals surface area (Å²) in [7, 11) is 0. The zero-order valence-corrected chi connectivity index (χ0v) is 15.1. The summed E-state index contributed by atoms with van der Waals surface area (Å²) in [6, 6.07) is 7.90. The number of benzene rings is 1. The Morgan fingerprint density at radius 2 is 1.79 bits per heavy atom. The lowest BCUT2D eigenvalue weighted by molar-refractivity contribution is 0.0616. The van der Waals surface area contributed by atoms with Crippen LogP contribution in [0.25, 0.3) is 0 Å². The molecular formula is C17H20Cl2N4O. The van der Waals surface area contributed by atoms with E-state index in [4.69, 9.17) is 23.2 Å². The summed E-state index contributed by atoms with van der Waals surface area (Å²) in [6.45, 7) is 6.51. The SMILES string of the molecule is CCn1ncc(Cl)c1C(=O)N1CCN(Cc2ccc(Cl)cc2)CC1. The largest absolute Gasteiger partial charge is 0.335 e. The molecule has 0 saturated carbocycles. The maximum atomic E-state index is 12.7. The Labute approximate surface area is 151 Å². The molecule has 1 amide bonds. The second kappa shape index (κ2) is 7.55. The average molecular weight is 367 g/mol. The van der Waals surface area contributed by atoms with Crippen LogP contribution in [0.4, 0.5) is 0 Å². The molecule has 0 unspecified atom stereocenters. The van der Waals surface area contributed by atoms with Crippen molar-refractivity contribution in [2.24, 2.45) is 0 Å². The lowest BCUT2D eigenvalue weighted by Gasteiger charge is -2.34. The summed E-state index contributed by atoms with van der Waals surface area (Å²) < 4.78 is 1.66. The highest BCUT2D eigenvalue weighted by atomic mass is 35.5. The number of carbonyl (C=O) groups excluding carboxylic acids is 1. The quantitative estimate of drug-likeness (QED) is 0.834. The van der Waals surface area contributed by atoms with Crippen LogP contribution in [0.5, 0.6) is 0 Å². The zero-order chi connectivity index (χ0) is 17.1. The van der Waals surface area contributed by atoms with E-state index >= 15 is 0 Å². The lowest BCUT2D eigenvalue weighted by atomic mass is 10.2. The molecule has 0 spiro atoms. The second-order valence-corrected chi connectivity index (χ2v) is 6.70. The smallest absolute Gasteiger partial charge is 0.273 e. The van der Waals surface area contributed by atoms with Crippen molar-refractivity contribution in [2.75, 3.05) is 26.2 Å². The van der Waals surface area contributed by atoms with Crippen molar-refractivity contribution >= 4 is 29.1 Å². The Balaban J connectivity index is 1.59. The molecule has 5 nitrogen and oxygen atoms in total. The van der Waals surface area contributed by atoms with E-state index in [9.17, 15) is 4.79 Å². The van der Waals surface area contributed by atoms with Crippen LogP contribution in [0, 0.1) is 0 Å². The van der Waals surface area contributed by atoms with Crippen molar-refractivity contribution in [3.63, 3.8) is 0 Å². The van der Waals surface area contributed by atoms with E-state index in [1.165, 1.54) is 11.8 Å². The maximum absolute atomic E-state index is 12.7. The Morgan fingerprint density at radius 3 is 2.42 bits per heavy atom. The standard InChI is InChI=1S/C17H20Cl2N4O/c1-2-23-16(15(19)11-20-23)17(24)22-9-7-21(8-10-22)12-13-3-5-14(18)6-4-13/h3-6,11H,2,7-10,12H2,1H3. The van der Waals surface area contributed by atoms with Gasteiger partial charge in [-0.3, -0.25) is 14.4 Å². The summed E-state index contributed by atoms with van der Waals surface area (Å²) in [5.74, 6) is -0.0366. The summed E-state index contributed by atoms with van der Waals surface area (Å²) in [6.07, 6.45) is 1.54. The third kappa shape index (κ3) is 3.74. The Morgan fingerprint density at radius 1 is 1.12 bits per heavy atom. The molecule has 1 aliphatic rings. The fourth-order valence-corrected chi connectivity index (χ4v) is 3.27. The highest BCUT2D eigenvalue weighted by molar-refractivity contribution is 6.33. The second-order valence-electron chi connectivity index (χ2n) is 5.85. The van der Waals surface area contributed by atoms with Crippen LogP contribution in [-0.2, 0) is 13.1 Å². The van der Waals surface area contributed by atoms with Gasteiger partial charge in [0.2, 0.25) is 0 Å². The van der Waals surface area contributed by atoms with Gasteiger partial charge >= 0.3 is 0 Å². The van der Waals surface area contributed by atoms with Crippen molar-refractivity contribution in [1.82, 2.24) is 19.6 Å². The summed E-state index contributed by atoms with van der Waals surface area (Å²) in [5, 5.41) is 5.31. The van der Waals surface area contributed by atoms with E-state index in [0.29, 0.717) is 30.4 Å². The first kappa shape index (κ1) is 17.3. The minimum absolute atomic E-state index is 0.0366. The number of aryl methyl sites for hydroxylation is 1. The predicted molar refractivity (Wildman–Crippen MR) is 95.5 cm³/mol. The number of rotatable bonds is 4. The first-order chi connectivity index (χ1) is 11.6. The Kier molecular flexibility index (Phi) is 5.43. The first-order valence-electron chi connectivity index (χ1n) is 8.06. The van der Waals surface area contributed by atoms with Crippen LogP contribution in [0.3, 0.4) is 0 Å². The lowest BCUT2D eigenvalue weighted by Crippen LogP contribution is -2.48. The van der Waals surface area contributed by atoms with Crippen LogP contribution in [0.1, 0.15) is 23.0 Å². The van der Waals surface area contributed by atoms with Gasteiger partial charge in [-0.2, -0.15) is 5.10 Å². The van der Waals surface area contributed by atoms with Gasteiger partial charge in [0.15, 0.2) is 0 Å². The molecule has 1 aromatic carbocycles. The summed E-state index contributed by atoms with van der Waals surface area (Å²) in [4.78, 5) is 16.9. The molecule has 0 atom stereocenters. The number of hydrogen-bond donors (Lipinski definition) is 0. The number of amides is 1. The predicted octanol–water partition coefficient (Wildman–Crippen LogP) is 3.17. The third-order valence-electron chi connectivity index (χ3n) is 4.28. The van der Waals surface area contributed by atoms with Gasteiger partial charge in [0.1, 0.15) is 5.69 Å². The minimum Gasteiger partial charge on any atom is -0.335 e. The molecular weight excluding hydrogens is 347 g/mol. The molecule has 24 heavy (non-hydrogen) atoms. The van der Waals surface area contributed by atoms with Gasteiger partial charge in [0.05, 0.1) is 11.2 Å². The van der Waals surface area contributed by atoms with E-state index in [-0.39, 0.29) is 5.91 Å². The van der Waals surface area contributed by atoms with Crippen molar-refractivity contribution in [2.45, 2.75) is 20.0 Å². The van der Waals surface area contributed by atoms with Crippen molar-refractivity contribution in [3.05, 3.63) is 51.8 Å². The number of aromatic nitrogens is 2. The Hall–Kier alpha value is -1.56. The van der Waals surface area contributed by atoms with E-state index in [1.54, 1.807) is 4.68 Å². The number of nitrogens with zero attached hydrogens (tertiary/aromatic N) is 4. The molecule has 2 aromatic rings. The number of carbonyl (C=O) groups is 1. The van der Waals surface area contributed by atoms with Crippen LogP contribution >= 0.6 is 23.2 Å². The van der Waals surface area contributed by atoms with Gasteiger partial charge < -0.3 is 4.90 Å². The molecule has 3 rings (SSSR count). The molecule has 0 N–H and O–H groups in total. The van der Waals surface area contributed by atoms with Gasteiger partial charge in [0.25, 0.3) is 5.91 Å². The molecule has 2 heterocycles. The van der Waals surface area contributed by atoms with Gasteiger partial charge in [-0.25, -0.2) is 0 Å². The van der Waals surface area contributed by atoms with Gasteiger partial charge in [0, 0.05) is 44.3 Å². The fourth-order valence-electron chi connectivity index (χ4n) is 2.92. The van der Waals surface area contributed by atoms with E-state index in [1.807, 2.05) is 36.1 Å². The van der Waals surface area contributed by atoms with E-state index in [0.717, 1.165) is 24.7 Å². The molecule has 1 saturated heterocycles. The molecule has 1 aliphatic heterocycles. The molecule has 0 bridgehead atoms. The highest BCUT2D eigenvalue weighted by Gasteiger charge is 2.26. The zero-order valence-electron chi connectivity index (χ0n) is 13.6. The van der Waals surface area contributed by atoms with Crippen molar-refractivity contribution in [3.8, 4) is 0 Å². The van der Waals surface area contributed by atoms with Crippen LogP contribution in [0.15, 0.2) is 30.5 Å². The number of halogens is 2. The monoisotopic (exact) mass is 366 g/mol. The maximum Gasteiger partial charge on any atom is 0.273 e. The number of piperazine rings is 1. The normalized spacial score (nSPS) is 15.7. The average Bonchev–Trinajstić information content (AvgIpc) is 2.98. The fraction of sp³-hybridized carbons (Fsp3) is 0.412. The van der Waals surface area contributed by atoms with Crippen LogP contribution in [0.2, 0.25) is 10.0 Å². The topological polar surface area (TPSA) is 41.4 Å². The molecule has 7 heteroatoms. The van der Waals surface area contributed by atoms with Crippen LogP contribution in [-0.4, -0.2) is 51.7 Å². The Bertz CT molecular complexity index is 706. The summed E-state index contributed by atoms with van der Waals surface area (Å²) in [5.41, 5.74) is 1.72. The van der Waals surface area contributed by atoms with Crippen molar-refractivity contribution in [1.29, 1.82) is 0 Å². The van der Waals surface area contributed by atoms with Gasteiger partial charge in [-0.15, -0.1) is 0 Å².